The largest absolute Gasteiger partial charge is 0.484 e. The van der Waals surface area contributed by atoms with Gasteiger partial charge in [-0.15, -0.1) is 0 Å². The normalized spacial score (nSPS) is 11.9. The third-order valence-corrected chi connectivity index (χ3v) is 3.14. The van der Waals surface area contributed by atoms with Gasteiger partial charge in [-0.3, -0.25) is 4.79 Å². The summed E-state index contributed by atoms with van der Waals surface area (Å²) < 4.78 is 5.22. The van der Waals surface area contributed by atoms with Crippen molar-refractivity contribution in [3.63, 3.8) is 0 Å². The van der Waals surface area contributed by atoms with Crippen molar-refractivity contribution in [2.75, 3.05) is 6.61 Å². The quantitative estimate of drug-likeness (QED) is 0.811. The summed E-state index contributed by atoms with van der Waals surface area (Å²) in [4.78, 5) is 10.6. The Hall–Kier alpha value is -2.33. The van der Waals surface area contributed by atoms with E-state index in [1.807, 2.05) is 42.5 Å². The predicted octanol–water partition coefficient (Wildman–Crippen LogP) is 1.66. The van der Waals surface area contributed by atoms with Crippen molar-refractivity contribution in [3.05, 3.63) is 65.7 Å². The summed E-state index contributed by atoms with van der Waals surface area (Å²) in [5.41, 5.74) is 13.6. The molecule has 4 N–H and O–H groups in total. The van der Waals surface area contributed by atoms with Gasteiger partial charge < -0.3 is 16.2 Å². The van der Waals surface area contributed by atoms with Crippen LogP contribution < -0.4 is 16.2 Å². The van der Waals surface area contributed by atoms with Gasteiger partial charge in [-0.05, 0) is 36.1 Å². The first-order chi connectivity index (χ1) is 10.1. The second-order valence-corrected chi connectivity index (χ2v) is 5.05. The van der Waals surface area contributed by atoms with Crippen LogP contribution in [-0.4, -0.2) is 18.6 Å². The van der Waals surface area contributed by atoms with Crippen LogP contribution in [0.1, 0.15) is 11.1 Å². The molecule has 0 fully saturated rings. The van der Waals surface area contributed by atoms with Crippen molar-refractivity contribution < 1.29 is 9.53 Å². The minimum absolute atomic E-state index is 0.0739. The van der Waals surface area contributed by atoms with E-state index in [1.54, 1.807) is 0 Å². The molecule has 0 radical (unpaired) electrons. The third kappa shape index (κ3) is 5.28. The number of amides is 1. The fraction of sp³-hybridized carbons (Fsp3) is 0.235. The molecule has 2 aromatic rings. The second-order valence-electron chi connectivity index (χ2n) is 5.05. The summed E-state index contributed by atoms with van der Waals surface area (Å²) in [5.74, 6) is 0.151. The second kappa shape index (κ2) is 7.45. The van der Waals surface area contributed by atoms with E-state index in [0.717, 1.165) is 18.4 Å². The number of ether oxygens (including phenoxy) is 1. The molecule has 1 unspecified atom stereocenters. The number of primary amides is 1. The molecule has 0 aliphatic carbocycles. The molecule has 110 valence electrons. The smallest absolute Gasteiger partial charge is 0.255 e. The summed E-state index contributed by atoms with van der Waals surface area (Å²) in [6.45, 7) is -0.104. The minimum Gasteiger partial charge on any atom is -0.484 e. The fourth-order valence-electron chi connectivity index (χ4n) is 2.17. The topological polar surface area (TPSA) is 78.3 Å². The first-order valence-electron chi connectivity index (χ1n) is 6.93. The zero-order valence-electron chi connectivity index (χ0n) is 11.9. The molecule has 0 spiro atoms. The Labute approximate surface area is 124 Å². The number of hydrogen-bond acceptors (Lipinski definition) is 3. The predicted molar refractivity (Wildman–Crippen MR) is 83.0 cm³/mol. The van der Waals surface area contributed by atoms with Crippen molar-refractivity contribution in [2.24, 2.45) is 11.5 Å². The number of benzene rings is 2. The highest BCUT2D eigenvalue weighted by atomic mass is 16.5. The van der Waals surface area contributed by atoms with Gasteiger partial charge in [0, 0.05) is 6.04 Å². The molecule has 4 heteroatoms. The zero-order chi connectivity index (χ0) is 15.1. The molecule has 2 aromatic carbocycles. The lowest BCUT2D eigenvalue weighted by Crippen LogP contribution is -2.25. The van der Waals surface area contributed by atoms with Gasteiger partial charge in [0.25, 0.3) is 5.91 Å². The first-order valence-corrected chi connectivity index (χ1v) is 6.93. The molecule has 0 saturated heterocycles. The Kier molecular flexibility index (Phi) is 5.35. The maximum Gasteiger partial charge on any atom is 0.255 e. The molecule has 2 rings (SSSR count). The van der Waals surface area contributed by atoms with Crippen molar-refractivity contribution in [1.29, 1.82) is 0 Å². The number of rotatable bonds is 7. The maximum absolute atomic E-state index is 10.6. The van der Waals surface area contributed by atoms with E-state index in [2.05, 4.69) is 12.1 Å². The highest BCUT2D eigenvalue weighted by Crippen LogP contribution is 2.14. The summed E-state index contributed by atoms with van der Waals surface area (Å²) >= 11 is 0. The molecule has 4 nitrogen and oxygen atoms in total. The van der Waals surface area contributed by atoms with Crippen LogP contribution in [-0.2, 0) is 17.6 Å². The average molecular weight is 284 g/mol. The van der Waals surface area contributed by atoms with Gasteiger partial charge in [-0.1, -0.05) is 42.5 Å². The SMILES string of the molecule is NC(=O)COc1ccc(CC(N)Cc2ccccc2)cc1. The van der Waals surface area contributed by atoms with Gasteiger partial charge in [0.2, 0.25) is 0 Å². The highest BCUT2D eigenvalue weighted by molar-refractivity contribution is 5.75. The Balaban J connectivity index is 1.86. The number of hydrogen-bond donors (Lipinski definition) is 2. The number of nitrogens with two attached hydrogens (primary N) is 2. The van der Waals surface area contributed by atoms with E-state index in [-0.39, 0.29) is 12.6 Å². The van der Waals surface area contributed by atoms with Crippen molar-refractivity contribution in [3.8, 4) is 5.75 Å². The molecule has 21 heavy (non-hydrogen) atoms. The zero-order valence-corrected chi connectivity index (χ0v) is 11.9. The van der Waals surface area contributed by atoms with Crippen molar-refractivity contribution >= 4 is 5.91 Å². The van der Waals surface area contributed by atoms with E-state index in [1.165, 1.54) is 5.56 Å². The Morgan fingerprint density at radius 3 is 2.10 bits per heavy atom. The van der Waals surface area contributed by atoms with Gasteiger partial charge in [-0.25, -0.2) is 0 Å². The van der Waals surface area contributed by atoms with Crippen LogP contribution in [0.25, 0.3) is 0 Å². The van der Waals surface area contributed by atoms with Crippen LogP contribution in [0.15, 0.2) is 54.6 Å². The molecular weight excluding hydrogens is 264 g/mol. The van der Waals surface area contributed by atoms with Crippen LogP contribution >= 0.6 is 0 Å². The molecule has 1 atom stereocenters. The Morgan fingerprint density at radius 2 is 1.52 bits per heavy atom. The summed E-state index contributed by atoms with van der Waals surface area (Å²) in [6.07, 6.45) is 1.64. The summed E-state index contributed by atoms with van der Waals surface area (Å²) in [5, 5.41) is 0. The highest BCUT2D eigenvalue weighted by Gasteiger charge is 2.06. The lowest BCUT2D eigenvalue weighted by Gasteiger charge is -2.12. The van der Waals surface area contributed by atoms with Gasteiger partial charge in [0.1, 0.15) is 5.75 Å². The van der Waals surface area contributed by atoms with E-state index in [9.17, 15) is 4.79 Å². The fourth-order valence-corrected chi connectivity index (χ4v) is 2.17. The standard InChI is InChI=1S/C17H20N2O2/c18-15(10-13-4-2-1-3-5-13)11-14-6-8-16(9-7-14)21-12-17(19)20/h1-9,15H,10-12,18H2,(H2,19,20). The number of carbonyl (C=O) groups is 1. The first kappa shape index (κ1) is 15.1. The summed E-state index contributed by atoms with van der Waals surface area (Å²) in [7, 11) is 0. The lowest BCUT2D eigenvalue weighted by molar-refractivity contribution is -0.119. The maximum atomic E-state index is 10.6. The Morgan fingerprint density at radius 1 is 0.952 bits per heavy atom. The molecular formula is C17H20N2O2. The molecule has 0 aromatic heterocycles. The van der Waals surface area contributed by atoms with Gasteiger partial charge in [0.05, 0.1) is 0 Å². The molecule has 0 heterocycles. The molecule has 0 saturated carbocycles. The number of carbonyl (C=O) groups excluding carboxylic acids is 1. The van der Waals surface area contributed by atoms with Crippen LogP contribution in [0.2, 0.25) is 0 Å². The van der Waals surface area contributed by atoms with Crippen LogP contribution in [0.5, 0.6) is 5.75 Å². The average Bonchev–Trinajstić information content (AvgIpc) is 2.47. The van der Waals surface area contributed by atoms with Crippen LogP contribution in [0, 0.1) is 0 Å². The monoisotopic (exact) mass is 284 g/mol. The third-order valence-electron chi connectivity index (χ3n) is 3.14. The summed E-state index contributed by atoms with van der Waals surface area (Å²) in [6, 6.07) is 17.9. The van der Waals surface area contributed by atoms with E-state index < -0.39 is 5.91 Å². The minimum atomic E-state index is -0.482. The lowest BCUT2D eigenvalue weighted by atomic mass is 10.00. The van der Waals surface area contributed by atoms with E-state index in [4.69, 9.17) is 16.2 Å². The molecule has 0 bridgehead atoms. The van der Waals surface area contributed by atoms with Crippen LogP contribution in [0.4, 0.5) is 0 Å². The van der Waals surface area contributed by atoms with Crippen molar-refractivity contribution in [2.45, 2.75) is 18.9 Å². The van der Waals surface area contributed by atoms with Crippen molar-refractivity contribution in [1.82, 2.24) is 0 Å². The molecule has 0 aliphatic rings. The molecule has 1 amide bonds. The van der Waals surface area contributed by atoms with E-state index in [0.29, 0.717) is 5.75 Å². The van der Waals surface area contributed by atoms with E-state index >= 15 is 0 Å². The molecule has 0 aliphatic heterocycles. The van der Waals surface area contributed by atoms with Gasteiger partial charge >= 0.3 is 0 Å². The Bertz CT molecular complexity index is 567. The van der Waals surface area contributed by atoms with Gasteiger partial charge in [-0.2, -0.15) is 0 Å². The van der Waals surface area contributed by atoms with Crippen LogP contribution in [0.3, 0.4) is 0 Å². The van der Waals surface area contributed by atoms with Gasteiger partial charge in [0.15, 0.2) is 6.61 Å².